The highest BCUT2D eigenvalue weighted by atomic mass is 35.5. The van der Waals surface area contributed by atoms with Gasteiger partial charge in [0, 0.05) is 0 Å². The summed E-state index contributed by atoms with van der Waals surface area (Å²) < 4.78 is 5.63. The Hall–Kier alpha value is -0.990. The SMILES string of the molecule is C=C1c2ccc(OCC)cc2CC12CCC(CN)CC2.Cl. The summed E-state index contributed by atoms with van der Waals surface area (Å²) >= 11 is 0. The maximum atomic E-state index is 5.82. The molecule has 0 saturated heterocycles. The second kappa shape index (κ2) is 6.41. The molecule has 2 aliphatic carbocycles. The van der Waals surface area contributed by atoms with E-state index in [0.29, 0.717) is 5.41 Å². The van der Waals surface area contributed by atoms with Gasteiger partial charge in [0.25, 0.3) is 0 Å². The Labute approximate surface area is 134 Å². The van der Waals surface area contributed by atoms with Gasteiger partial charge in [0.2, 0.25) is 0 Å². The molecule has 21 heavy (non-hydrogen) atoms. The Balaban J connectivity index is 0.00000161. The fraction of sp³-hybridized carbons (Fsp3) is 0.556. The summed E-state index contributed by atoms with van der Waals surface area (Å²) in [7, 11) is 0. The van der Waals surface area contributed by atoms with Gasteiger partial charge >= 0.3 is 0 Å². The standard InChI is InChI=1S/C18H25NO.ClH/c1-3-20-16-4-5-17-13(2)18(11-15(17)10-16)8-6-14(12-19)7-9-18;/h4-5,10,14H,2-3,6-9,11-12,19H2,1H3;1H. The molecule has 1 aromatic carbocycles. The summed E-state index contributed by atoms with van der Waals surface area (Å²) in [5.41, 5.74) is 10.3. The molecule has 116 valence electrons. The molecule has 3 rings (SSSR count). The van der Waals surface area contributed by atoms with Crippen molar-refractivity contribution in [3.05, 3.63) is 35.9 Å². The first-order valence-electron chi connectivity index (χ1n) is 7.84. The predicted octanol–water partition coefficient (Wildman–Crippen LogP) is 4.21. The zero-order valence-electron chi connectivity index (χ0n) is 12.9. The first-order chi connectivity index (χ1) is 9.68. The lowest BCUT2D eigenvalue weighted by atomic mass is 9.67. The van der Waals surface area contributed by atoms with Crippen molar-refractivity contribution in [2.75, 3.05) is 13.2 Å². The highest BCUT2D eigenvalue weighted by Crippen LogP contribution is 2.55. The fourth-order valence-corrected chi connectivity index (χ4v) is 3.97. The van der Waals surface area contributed by atoms with E-state index in [1.807, 2.05) is 6.92 Å². The first kappa shape index (κ1) is 16.4. The van der Waals surface area contributed by atoms with Crippen LogP contribution in [0.5, 0.6) is 5.75 Å². The minimum Gasteiger partial charge on any atom is -0.494 e. The third kappa shape index (κ3) is 2.84. The van der Waals surface area contributed by atoms with Crippen molar-refractivity contribution in [3.8, 4) is 5.75 Å². The molecule has 1 aromatic rings. The van der Waals surface area contributed by atoms with Crippen LogP contribution in [0.3, 0.4) is 0 Å². The Morgan fingerprint density at radius 3 is 2.67 bits per heavy atom. The molecule has 0 unspecified atom stereocenters. The van der Waals surface area contributed by atoms with Crippen LogP contribution >= 0.6 is 12.4 Å². The minimum atomic E-state index is 0. The number of rotatable bonds is 3. The van der Waals surface area contributed by atoms with Crippen LogP contribution in [0.1, 0.15) is 43.7 Å². The highest BCUT2D eigenvalue weighted by molar-refractivity contribution is 5.85. The molecule has 0 atom stereocenters. The Morgan fingerprint density at radius 2 is 2.05 bits per heavy atom. The Morgan fingerprint density at radius 1 is 1.33 bits per heavy atom. The van der Waals surface area contributed by atoms with Gasteiger partial charge < -0.3 is 10.5 Å². The minimum absolute atomic E-state index is 0. The van der Waals surface area contributed by atoms with Crippen LogP contribution in [0.25, 0.3) is 5.57 Å². The molecule has 0 heterocycles. The average Bonchev–Trinajstić information content (AvgIpc) is 2.73. The van der Waals surface area contributed by atoms with E-state index >= 15 is 0 Å². The highest BCUT2D eigenvalue weighted by Gasteiger charge is 2.42. The maximum absolute atomic E-state index is 5.82. The predicted molar refractivity (Wildman–Crippen MR) is 91.0 cm³/mol. The normalized spacial score (nSPS) is 27.3. The van der Waals surface area contributed by atoms with E-state index in [9.17, 15) is 0 Å². The number of hydrogen-bond acceptors (Lipinski definition) is 2. The number of halogens is 1. The molecule has 0 radical (unpaired) electrons. The van der Waals surface area contributed by atoms with Crippen molar-refractivity contribution >= 4 is 18.0 Å². The van der Waals surface area contributed by atoms with Gasteiger partial charge in [-0.25, -0.2) is 0 Å². The summed E-state index contributed by atoms with van der Waals surface area (Å²) in [6.45, 7) is 8.02. The monoisotopic (exact) mass is 307 g/mol. The Bertz CT molecular complexity index is 518. The van der Waals surface area contributed by atoms with Gasteiger partial charge in [-0.1, -0.05) is 12.6 Å². The van der Waals surface area contributed by atoms with Crippen LogP contribution in [0.4, 0.5) is 0 Å². The van der Waals surface area contributed by atoms with E-state index in [-0.39, 0.29) is 12.4 Å². The molecule has 0 amide bonds. The third-order valence-corrected chi connectivity index (χ3v) is 5.28. The quantitative estimate of drug-likeness (QED) is 0.908. The molecule has 3 heteroatoms. The van der Waals surface area contributed by atoms with Crippen molar-refractivity contribution in [2.24, 2.45) is 17.1 Å². The first-order valence-corrected chi connectivity index (χ1v) is 7.84. The average molecular weight is 308 g/mol. The van der Waals surface area contributed by atoms with E-state index in [0.717, 1.165) is 31.2 Å². The number of benzene rings is 1. The van der Waals surface area contributed by atoms with Crippen molar-refractivity contribution in [1.29, 1.82) is 0 Å². The van der Waals surface area contributed by atoms with E-state index in [4.69, 9.17) is 10.5 Å². The van der Waals surface area contributed by atoms with E-state index in [1.165, 1.54) is 42.4 Å². The van der Waals surface area contributed by atoms with Crippen molar-refractivity contribution < 1.29 is 4.74 Å². The van der Waals surface area contributed by atoms with Crippen molar-refractivity contribution in [3.63, 3.8) is 0 Å². The molecule has 1 fully saturated rings. The molecule has 2 nitrogen and oxygen atoms in total. The van der Waals surface area contributed by atoms with Gasteiger partial charge in [0.15, 0.2) is 0 Å². The summed E-state index contributed by atoms with van der Waals surface area (Å²) in [5.74, 6) is 1.71. The van der Waals surface area contributed by atoms with Crippen LogP contribution in [0.2, 0.25) is 0 Å². The second-order valence-electron chi connectivity index (χ2n) is 6.37. The summed E-state index contributed by atoms with van der Waals surface area (Å²) in [6.07, 6.45) is 6.13. The third-order valence-electron chi connectivity index (χ3n) is 5.28. The second-order valence-corrected chi connectivity index (χ2v) is 6.37. The van der Waals surface area contributed by atoms with Crippen LogP contribution in [0, 0.1) is 11.3 Å². The topological polar surface area (TPSA) is 35.2 Å². The van der Waals surface area contributed by atoms with Crippen LogP contribution in [0.15, 0.2) is 24.8 Å². The molecule has 1 saturated carbocycles. The van der Waals surface area contributed by atoms with Gasteiger partial charge in [-0.3, -0.25) is 0 Å². The zero-order chi connectivity index (χ0) is 14.2. The summed E-state index contributed by atoms with van der Waals surface area (Å²) in [4.78, 5) is 0. The molecular weight excluding hydrogens is 282 g/mol. The van der Waals surface area contributed by atoms with Crippen molar-refractivity contribution in [1.82, 2.24) is 0 Å². The van der Waals surface area contributed by atoms with Gasteiger partial charge in [-0.05, 0) is 85.7 Å². The molecule has 2 N–H and O–H groups in total. The van der Waals surface area contributed by atoms with Crippen LogP contribution in [-0.2, 0) is 6.42 Å². The lowest BCUT2D eigenvalue weighted by Gasteiger charge is -2.38. The van der Waals surface area contributed by atoms with Gasteiger partial charge in [0.05, 0.1) is 6.61 Å². The van der Waals surface area contributed by atoms with Gasteiger partial charge in [0.1, 0.15) is 5.75 Å². The molecule has 0 aromatic heterocycles. The zero-order valence-corrected chi connectivity index (χ0v) is 13.7. The van der Waals surface area contributed by atoms with Crippen LogP contribution < -0.4 is 10.5 Å². The number of hydrogen-bond donors (Lipinski definition) is 1. The molecule has 0 aliphatic heterocycles. The molecular formula is C18H26ClNO. The molecule has 1 spiro atoms. The number of nitrogens with two attached hydrogens (primary N) is 1. The van der Waals surface area contributed by atoms with Crippen molar-refractivity contribution in [2.45, 2.75) is 39.0 Å². The number of ether oxygens (including phenoxy) is 1. The van der Waals surface area contributed by atoms with Gasteiger partial charge in [-0.2, -0.15) is 0 Å². The summed E-state index contributed by atoms with van der Waals surface area (Å²) in [5, 5.41) is 0. The van der Waals surface area contributed by atoms with E-state index < -0.39 is 0 Å². The summed E-state index contributed by atoms with van der Waals surface area (Å²) in [6, 6.07) is 6.50. The fourth-order valence-electron chi connectivity index (χ4n) is 3.97. The van der Waals surface area contributed by atoms with E-state index in [2.05, 4.69) is 24.8 Å². The molecule has 0 bridgehead atoms. The van der Waals surface area contributed by atoms with E-state index in [1.54, 1.807) is 0 Å². The Kier molecular flexibility index (Phi) is 5.00. The lowest BCUT2D eigenvalue weighted by Crippen LogP contribution is -2.30. The maximum Gasteiger partial charge on any atom is 0.119 e. The largest absolute Gasteiger partial charge is 0.494 e. The number of fused-ring (bicyclic) bond motifs is 1. The van der Waals surface area contributed by atoms with Gasteiger partial charge in [-0.15, -0.1) is 12.4 Å². The smallest absolute Gasteiger partial charge is 0.119 e. The number of allylic oxidation sites excluding steroid dienone is 1. The molecule has 2 aliphatic rings. The lowest BCUT2D eigenvalue weighted by molar-refractivity contribution is 0.222. The van der Waals surface area contributed by atoms with Crippen LogP contribution in [-0.4, -0.2) is 13.2 Å².